The highest BCUT2D eigenvalue weighted by Gasteiger charge is 2.62. The number of benzene rings is 2. The zero-order chi connectivity index (χ0) is 42.6. The normalized spacial score (nSPS) is 27.1. The molecule has 2 aromatic carbocycles. The number of furan rings is 1. The first-order chi connectivity index (χ1) is 30.0. The molecule has 18 heteroatoms. The highest BCUT2D eigenvalue weighted by molar-refractivity contribution is 7.91. The summed E-state index contributed by atoms with van der Waals surface area (Å²) in [6.07, 6.45) is 9.69. The second kappa shape index (κ2) is 16.1. The van der Waals surface area contributed by atoms with E-state index < -0.39 is 68.7 Å². The van der Waals surface area contributed by atoms with Gasteiger partial charge in [-0.1, -0.05) is 37.1 Å². The summed E-state index contributed by atoms with van der Waals surface area (Å²) in [4.78, 5) is 67.7. The van der Waals surface area contributed by atoms with Crippen molar-refractivity contribution in [1.29, 1.82) is 0 Å². The van der Waals surface area contributed by atoms with E-state index in [1.807, 2.05) is 42.5 Å². The first-order valence-corrected chi connectivity index (χ1v) is 23.2. The average molecular weight is 869 g/mol. The van der Waals surface area contributed by atoms with E-state index in [4.69, 9.17) is 33.3 Å². The Kier molecular flexibility index (Phi) is 10.4. The molecule has 3 N–H and O–H groups in total. The molecule has 3 saturated carbocycles. The summed E-state index contributed by atoms with van der Waals surface area (Å²) >= 11 is 0. The summed E-state index contributed by atoms with van der Waals surface area (Å²) in [6, 6.07) is 10.6. The molecule has 1 saturated heterocycles. The second-order valence-electron chi connectivity index (χ2n) is 17.2. The number of para-hydroxylation sites is 1. The van der Waals surface area contributed by atoms with Crippen molar-refractivity contribution in [3.8, 4) is 28.8 Å². The van der Waals surface area contributed by atoms with Crippen molar-refractivity contribution >= 4 is 55.9 Å². The van der Waals surface area contributed by atoms with Crippen molar-refractivity contribution in [3.05, 3.63) is 54.6 Å². The lowest BCUT2D eigenvalue weighted by Crippen LogP contribution is -2.58. The number of alkyl carbamates (subject to hydrolysis) is 1. The fraction of sp³-hybridized carbons (Fsp3) is 0.500. The van der Waals surface area contributed by atoms with Gasteiger partial charge in [0.25, 0.3) is 11.8 Å². The van der Waals surface area contributed by atoms with Gasteiger partial charge in [0.05, 0.1) is 11.8 Å². The molecular weight excluding hydrogens is 821 g/mol. The Morgan fingerprint density at radius 1 is 0.919 bits per heavy atom. The number of ether oxygens (including phenoxy) is 4. The molecule has 3 aliphatic heterocycles. The summed E-state index contributed by atoms with van der Waals surface area (Å²) in [5, 5.41) is 5.80. The smallest absolute Gasteiger partial charge is 0.408 e. The van der Waals surface area contributed by atoms with Gasteiger partial charge in [-0.2, -0.15) is 4.98 Å². The number of carbonyl (C=O) groups is 4. The van der Waals surface area contributed by atoms with Crippen LogP contribution >= 0.6 is 0 Å². The monoisotopic (exact) mass is 868 g/mol. The quantitative estimate of drug-likeness (QED) is 0.195. The van der Waals surface area contributed by atoms with Crippen LogP contribution in [0.1, 0.15) is 83.5 Å². The molecule has 326 valence electrons. The molecule has 4 amide bonds. The minimum atomic E-state index is -3.93. The lowest BCUT2D eigenvalue weighted by atomic mass is 10.0. The molecule has 17 nitrogen and oxygen atoms in total. The Morgan fingerprint density at radius 3 is 2.56 bits per heavy atom. The summed E-state index contributed by atoms with van der Waals surface area (Å²) in [6.45, 7) is 0.00227. The van der Waals surface area contributed by atoms with E-state index in [0.29, 0.717) is 66.1 Å². The number of hydrogen-bond acceptors (Lipinski definition) is 13. The Morgan fingerprint density at radius 2 is 1.73 bits per heavy atom. The number of nitrogens with zero attached hydrogens (tertiary/aromatic N) is 3. The molecular formula is C44H48N6O11S. The van der Waals surface area contributed by atoms with Gasteiger partial charge in [0, 0.05) is 23.3 Å². The van der Waals surface area contributed by atoms with E-state index in [-0.39, 0.29) is 43.7 Å². The van der Waals surface area contributed by atoms with E-state index in [9.17, 15) is 27.6 Å². The number of aromatic nitrogens is 2. The number of rotatable bonds is 8. The third kappa shape index (κ3) is 7.88. The third-order valence-electron chi connectivity index (χ3n) is 12.8. The first-order valence-electron chi connectivity index (χ1n) is 21.6. The van der Waals surface area contributed by atoms with E-state index in [1.54, 1.807) is 12.1 Å². The van der Waals surface area contributed by atoms with Crippen molar-refractivity contribution in [2.24, 2.45) is 5.92 Å². The zero-order valence-electron chi connectivity index (χ0n) is 34.0. The fourth-order valence-corrected chi connectivity index (χ4v) is 10.5. The number of sulfonamides is 1. The number of allylic oxidation sites excluding steroid dienone is 1. The van der Waals surface area contributed by atoms with Crippen LogP contribution in [-0.4, -0.2) is 95.5 Å². The lowest BCUT2D eigenvalue weighted by molar-refractivity contribution is -0.141. The van der Waals surface area contributed by atoms with Crippen LogP contribution in [0.2, 0.25) is 0 Å². The molecule has 0 unspecified atom stereocenters. The highest BCUT2D eigenvalue weighted by Crippen LogP contribution is 2.46. The maximum atomic E-state index is 14.8. The second-order valence-corrected chi connectivity index (χ2v) is 19.2. The molecule has 4 aromatic rings. The van der Waals surface area contributed by atoms with Gasteiger partial charge in [0.2, 0.25) is 34.2 Å². The summed E-state index contributed by atoms with van der Waals surface area (Å²) in [7, 11) is -3.93. The first kappa shape index (κ1) is 40.2. The molecule has 62 heavy (non-hydrogen) atoms. The molecule has 0 spiro atoms. The lowest BCUT2D eigenvalue weighted by Gasteiger charge is -2.30. The standard InChI is InChI=1S/C44H48N6O11S/c51-39-32-21-28(59-40-37-36(30-13-8-9-15-33(30)61-37)46-38(47-40)25-16-19-34-35(20-25)58-24-57-34)23-50(32)41(52)31(45-43(54)60-27-11-6-7-12-27)14-5-3-1-2-4-10-26-22-44(26,48-39)42(53)49-62(55,56)29-17-18-29/h4,8-10,13,15-16,19-20,26-29,31-32H,1-3,5-7,11-12,14,17-18,21-24H2,(H,45,54)(H,48,51)(H,49,53)/b10-4-/t26-,28+,31-,32-,44+/m0/s1. The van der Waals surface area contributed by atoms with Crippen LogP contribution in [0.3, 0.4) is 0 Å². The van der Waals surface area contributed by atoms with Crippen molar-refractivity contribution < 1.29 is 51.0 Å². The Bertz CT molecular complexity index is 2590. The van der Waals surface area contributed by atoms with Crippen molar-refractivity contribution in [2.45, 2.75) is 119 Å². The van der Waals surface area contributed by atoms with Crippen molar-refractivity contribution in [1.82, 2.24) is 30.2 Å². The van der Waals surface area contributed by atoms with Crippen LogP contribution < -0.4 is 29.6 Å². The van der Waals surface area contributed by atoms with Crippen LogP contribution in [0.5, 0.6) is 17.4 Å². The summed E-state index contributed by atoms with van der Waals surface area (Å²) in [5.74, 6) is -0.899. The molecule has 0 bridgehead atoms. The minimum Gasteiger partial charge on any atom is -0.470 e. The highest BCUT2D eigenvalue weighted by atomic mass is 32.2. The Balaban J connectivity index is 0.988. The van der Waals surface area contributed by atoms with Crippen LogP contribution in [0.4, 0.5) is 4.79 Å². The maximum Gasteiger partial charge on any atom is 0.408 e. The van der Waals surface area contributed by atoms with Crippen LogP contribution in [-0.2, 0) is 29.1 Å². The van der Waals surface area contributed by atoms with Crippen LogP contribution in [0.25, 0.3) is 33.5 Å². The van der Waals surface area contributed by atoms with E-state index in [2.05, 4.69) is 15.4 Å². The molecule has 3 aliphatic carbocycles. The van der Waals surface area contributed by atoms with E-state index in [1.165, 1.54) is 4.90 Å². The van der Waals surface area contributed by atoms with Gasteiger partial charge in [0.15, 0.2) is 17.3 Å². The molecule has 2 aromatic heterocycles. The predicted octanol–water partition coefficient (Wildman–Crippen LogP) is 5.16. The molecule has 5 atom stereocenters. The van der Waals surface area contributed by atoms with Gasteiger partial charge in [-0.05, 0) is 94.5 Å². The van der Waals surface area contributed by atoms with Gasteiger partial charge in [-0.15, -0.1) is 0 Å². The molecule has 0 radical (unpaired) electrons. The zero-order valence-corrected chi connectivity index (χ0v) is 34.8. The van der Waals surface area contributed by atoms with Gasteiger partial charge in [0.1, 0.15) is 40.9 Å². The third-order valence-corrected chi connectivity index (χ3v) is 14.6. The molecule has 5 heterocycles. The summed E-state index contributed by atoms with van der Waals surface area (Å²) in [5.41, 5.74) is 0.395. The van der Waals surface area contributed by atoms with Crippen LogP contribution in [0.15, 0.2) is 59.0 Å². The van der Waals surface area contributed by atoms with Gasteiger partial charge >= 0.3 is 6.09 Å². The largest absolute Gasteiger partial charge is 0.470 e. The topological polar surface area (TPSA) is 218 Å². The van der Waals surface area contributed by atoms with Crippen molar-refractivity contribution in [2.75, 3.05) is 13.3 Å². The number of amides is 4. The molecule has 4 fully saturated rings. The van der Waals surface area contributed by atoms with Crippen LogP contribution in [0, 0.1) is 5.92 Å². The molecule has 10 rings (SSSR count). The Hall–Kier alpha value is -5.91. The Labute approximate surface area is 357 Å². The molecule has 6 aliphatic rings. The average Bonchev–Trinajstić information content (AvgIpc) is 3.92. The SMILES string of the molecule is O=C(N[C@H]1CCCCC/C=C\[C@H]2C[C@@]2(C(=O)NS(=O)(=O)C2CC2)NC(=O)[C@@H]2C[C@@H](Oc3nc(-c4ccc5c(c4)OCO5)nc4c3oc3ccccc34)CN2C1=O)OC1CCCC1. The predicted molar refractivity (Wildman–Crippen MR) is 222 cm³/mol. The number of carbonyl (C=O) groups excluding carboxylic acids is 4. The van der Waals surface area contributed by atoms with Crippen molar-refractivity contribution in [3.63, 3.8) is 0 Å². The number of fused-ring (bicyclic) bond motifs is 6. The van der Waals surface area contributed by atoms with E-state index in [0.717, 1.165) is 43.9 Å². The number of hydrogen-bond donors (Lipinski definition) is 3. The summed E-state index contributed by atoms with van der Waals surface area (Å²) < 4.78 is 58.0. The maximum absolute atomic E-state index is 14.8. The fourth-order valence-electron chi connectivity index (χ4n) is 9.15. The number of nitrogens with one attached hydrogen (secondary N) is 3. The van der Waals surface area contributed by atoms with E-state index >= 15 is 0 Å². The van der Waals surface area contributed by atoms with Gasteiger partial charge < -0.3 is 38.9 Å². The van der Waals surface area contributed by atoms with Gasteiger partial charge in [-0.3, -0.25) is 19.1 Å². The minimum absolute atomic E-state index is 0.0273. The van der Waals surface area contributed by atoms with Gasteiger partial charge in [-0.25, -0.2) is 18.2 Å².